The molecule has 69 heavy (non-hydrogen) atoms. The summed E-state index contributed by atoms with van der Waals surface area (Å²) in [4.78, 5) is 112. The van der Waals surface area contributed by atoms with E-state index in [2.05, 4.69) is 41.9 Å². The summed E-state index contributed by atoms with van der Waals surface area (Å²) in [5, 5.41) is 25.1. The van der Waals surface area contributed by atoms with Gasteiger partial charge in [-0.2, -0.15) is 0 Å². The first-order chi connectivity index (χ1) is 32.5. The number of aromatic hydroxyl groups is 1. The molecule has 26 heteroatoms. The van der Waals surface area contributed by atoms with E-state index < -0.39 is 95.2 Å². The van der Waals surface area contributed by atoms with Gasteiger partial charge in [0.05, 0.1) is 19.0 Å². The normalized spacial score (nSPS) is 13.1. The second-order valence-corrected chi connectivity index (χ2v) is 19.4. The first kappa shape index (κ1) is 58.3. The second-order valence-electron chi connectivity index (χ2n) is 16.4. The van der Waals surface area contributed by atoms with Crippen molar-refractivity contribution in [3.05, 3.63) is 65.7 Å². The van der Waals surface area contributed by atoms with Gasteiger partial charge in [0.15, 0.2) is 11.9 Å². The lowest BCUT2D eigenvalue weighted by molar-refractivity contribution is -0.134. The summed E-state index contributed by atoms with van der Waals surface area (Å²) in [5.41, 5.74) is 40.1. The highest BCUT2D eigenvalue weighted by Gasteiger charge is 2.32. The average molecular weight is 1000 g/mol. The van der Waals surface area contributed by atoms with Gasteiger partial charge in [-0.25, -0.2) is 0 Å². The summed E-state index contributed by atoms with van der Waals surface area (Å²) < 4.78 is -0.733. The van der Waals surface area contributed by atoms with E-state index in [1.54, 1.807) is 26.0 Å². The molecule has 0 bridgehead atoms. The third kappa shape index (κ3) is 25.2. The van der Waals surface area contributed by atoms with E-state index in [1.165, 1.54) is 33.7 Å². The monoisotopic (exact) mass is 1000 g/mol. The summed E-state index contributed by atoms with van der Waals surface area (Å²) in [6.45, 7) is 3.37. The number of rotatable bonds is 32. The number of aliphatic imine (C=N–C) groups is 2. The van der Waals surface area contributed by atoms with E-state index in [0.717, 1.165) is 5.56 Å². The largest absolute Gasteiger partial charge is 0.508 e. The van der Waals surface area contributed by atoms with E-state index in [0.29, 0.717) is 12.0 Å². The van der Waals surface area contributed by atoms with Crippen LogP contribution in [0.1, 0.15) is 63.5 Å². The van der Waals surface area contributed by atoms with Gasteiger partial charge in [0.1, 0.15) is 29.9 Å². The Morgan fingerprint density at radius 1 is 0.652 bits per heavy atom. The lowest BCUT2D eigenvalue weighted by Crippen LogP contribution is -2.57. The predicted octanol–water partition coefficient (Wildman–Crippen LogP) is -3.31. The van der Waals surface area contributed by atoms with Crippen LogP contribution in [0.5, 0.6) is 5.75 Å². The topological polar surface area (TPSA) is 436 Å². The Hall–Kier alpha value is -6.80. The number of hydrogen-bond donors (Lipinski definition) is 14. The van der Waals surface area contributed by atoms with Crippen LogP contribution in [-0.2, 0) is 51.2 Å². The van der Waals surface area contributed by atoms with Crippen LogP contribution in [0.3, 0.4) is 0 Å². The number of carbonyl (C=O) groups excluding carboxylic acids is 8. The van der Waals surface area contributed by atoms with Gasteiger partial charge >= 0.3 is 0 Å². The van der Waals surface area contributed by atoms with Crippen LogP contribution in [0.2, 0.25) is 0 Å². The third-order valence-corrected chi connectivity index (χ3v) is 13.0. The van der Waals surface area contributed by atoms with Gasteiger partial charge in [0.25, 0.3) is 0 Å². The standard InChI is InChI=1S/C43H67N15O9S2/c1-43(2,69-68-23-32(38(65)53-22-33(45)60)58-37(64)28(44)20-26-12-15-27(59)16-13-26)24-54-35(62)21-31(55-34(61)17-14-25-8-4-3-5-9-25)40(67)57-30(11-7-19-52-42(49)50)39(66)56-29(36(46)63)10-6-18-51-41(47)48/h3-5,8-9,12-13,15-16,28-32,59H,6-7,10-11,14,17-24,44H2,1-2H3,(H2,45,60)(H2,46,63)(H,53,65)(H,54,62)(H,55,61)(H,56,66)(H,57,67)(H,58,64)(H4,47,48,51)(H4,49,50,52). The number of benzene rings is 2. The van der Waals surface area contributed by atoms with Crippen LogP contribution in [0, 0.1) is 0 Å². The summed E-state index contributed by atoms with van der Waals surface area (Å²) in [6, 6.07) is 9.10. The smallest absolute Gasteiger partial charge is 0.243 e. The summed E-state index contributed by atoms with van der Waals surface area (Å²) >= 11 is 0. The van der Waals surface area contributed by atoms with E-state index in [4.69, 9.17) is 40.1 Å². The van der Waals surface area contributed by atoms with Crippen LogP contribution in [0.4, 0.5) is 0 Å². The number of aryl methyl sites for hydroxylation is 1. The highest BCUT2D eigenvalue weighted by molar-refractivity contribution is 8.77. The number of phenolic OH excluding ortho intramolecular Hbond substituents is 1. The van der Waals surface area contributed by atoms with Crippen molar-refractivity contribution in [3.8, 4) is 5.75 Å². The number of nitrogens with zero attached hydrogens (tertiary/aromatic N) is 2. The maximum absolute atomic E-state index is 14.0. The quantitative estimate of drug-likeness (QED) is 0.0148. The average Bonchev–Trinajstić information content (AvgIpc) is 3.28. The van der Waals surface area contributed by atoms with Gasteiger partial charge in [-0.15, -0.1) is 0 Å². The number of amides is 8. The minimum atomic E-state index is -1.47. The number of hydrogen-bond acceptors (Lipinski definition) is 14. The molecule has 24 nitrogen and oxygen atoms in total. The van der Waals surface area contributed by atoms with Gasteiger partial charge in [0.2, 0.25) is 47.3 Å². The maximum Gasteiger partial charge on any atom is 0.243 e. The number of nitrogens with two attached hydrogens (primary N) is 7. The fraction of sp³-hybridized carbons (Fsp3) is 0.488. The molecule has 2 rings (SSSR count). The zero-order valence-corrected chi connectivity index (χ0v) is 40.4. The van der Waals surface area contributed by atoms with Gasteiger partial charge in [0, 0.05) is 36.6 Å². The third-order valence-electron chi connectivity index (χ3n) is 9.74. The van der Waals surface area contributed by atoms with Crippen molar-refractivity contribution in [1.82, 2.24) is 31.9 Å². The molecule has 8 amide bonds. The highest BCUT2D eigenvalue weighted by Crippen LogP contribution is 2.35. The van der Waals surface area contributed by atoms with Crippen LogP contribution >= 0.6 is 21.6 Å². The molecule has 0 radical (unpaired) electrons. The van der Waals surface area contributed by atoms with Crippen molar-refractivity contribution in [3.63, 3.8) is 0 Å². The molecule has 21 N–H and O–H groups in total. The Kier molecular flexibility index (Phi) is 25.8. The van der Waals surface area contributed by atoms with Gasteiger partial charge in [-0.05, 0) is 75.6 Å². The van der Waals surface area contributed by atoms with Crippen molar-refractivity contribution in [2.24, 2.45) is 50.1 Å². The zero-order chi connectivity index (χ0) is 51.5. The summed E-state index contributed by atoms with van der Waals surface area (Å²) in [5.74, 6) is -6.13. The molecule has 0 saturated carbocycles. The van der Waals surface area contributed by atoms with E-state index in [9.17, 15) is 43.5 Å². The first-order valence-corrected chi connectivity index (χ1v) is 24.2. The van der Waals surface area contributed by atoms with Gasteiger partial charge in [-0.3, -0.25) is 48.3 Å². The number of primary amides is 2. The van der Waals surface area contributed by atoms with Crippen LogP contribution in [0.25, 0.3) is 0 Å². The fourth-order valence-electron chi connectivity index (χ4n) is 6.08. The number of carbonyl (C=O) groups is 8. The fourth-order valence-corrected chi connectivity index (χ4v) is 8.72. The molecule has 380 valence electrons. The molecule has 0 aliphatic carbocycles. The molecule has 2 aromatic carbocycles. The molecule has 5 atom stereocenters. The maximum atomic E-state index is 14.0. The SMILES string of the molecule is CC(C)(CNC(=O)CC(NC(=O)CCc1ccccc1)C(=O)NC(CCCN=C(N)N)C(=O)NC(CCCN=C(N)N)C(N)=O)SSCC(NC(=O)C(N)Cc1ccc(O)cc1)C(=O)NCC(N)=O. The second kappa shape index (κ2) is 30.6. The number of nitrogens with one attached hydrogen (secondary N) is 6. The molecule has 2 aromatic rings. The van der Waals surface area contributed by atoms with Crippen molar-refractivity contribution < 1.29 is 43.5 Å². The van der Waals surface area contributed by atoms with Crippen LogP contribution < -0.4 is 72.0 Å². The molecule has 0 fully saturated rings. The molecule has 0 saturated heterocycles. The Morgan fingerprint density at radius 3 is 1.80 bits per heavy atom. The lowest BCUT2D eigenvalue weighted by atomic mass is 10.1. The minimum absolute atomic E-state index is 0.000414. The zero-order valence-electron chi connectivity index (χ0n) is 38.7. The van der Waals surface area contributed by atoms with Crippen molar-refractivity contribution in [1.29, 1.82) is 0 Å². The lowest BCUT2D eigenvalue weighted by Gasteiger charge is -2.27. The molecule has 0 aromatic heterocycles. The molecule has 0 aliphatic rings. The minimum Gasteiger partial charge on any atom is -0.508 e. The summed E-state index contributed by atoms with van der Waals surface area (Å²) in [7, 11) is 2.45. The highest BCUT2D eigenvalue weighted by atomic mass is 33.1. The Bertz CT molecular complexity index is 2090. The Morgan fingerprint density at radius 2 is 1.22 bits per heavy atom. The Labute approximate surface area is 408 Å². The molecular weight excluding hydrogens is 935 g/mol. The van der Waals surface area contributed by atoms with E-state index in [-0.39, 0.29) is 81.6 Å². The first-order valence-electron chi connectivity index (χ1n) is 21.9. The van der Waals surface area contributed by atoms with Gasteiger partial charge < -0.3 is 77.1 Å². The van der Waals surface area contributed by atoms with Crippen molar-refractivity contribution in [2.45, 2.75) is 100 Å². The van der Waals surface area contributed by atoms with Crippen LogP contribution in [-0.4, -0.2) is 131 Å². The predicted molar refractivity (Wildman–Crippen MR) is 265 cm³/mol. The molecule has 0 aliphatic heterocycles. The number of guanidine groups is 2. The molecule has 5 unspecified atom stereocenters. The van der Waals surface area contributed by atoms with E-state index >= 15 is 0 Å². The molecule has 0 spiro atoms. The van der Waals surface area contributed by atoms with Crippen molar-refractivity contribution in [2.75, 3.05) is 31.9 Å². The molecular formula is C43H67N15O9S2. The van der Waals surface area contributed by atoms with Crippen molar-refractivity contribution >= 4 is 80.8 Å². The molecule has 0 heterocycles. The van der Waals surface area contributed by atoms with Crippen LogP contribution in [0.15, 0.2) is 64.6 Å². The Balaban J connectivity index is 2.21. The number of phenols is 1. The summed E-state index contributed by atoms with van der Waals surface area (Å²) in [6.07, 6.45) is 0.365. The van der Waals surface area contributed by atoms with Gasteiger partial charge in [-0.1, -0.05) is 64.1 Å². The van der Waals surface area contributed by atoms with E-state index in [1.807, 2.05) is 30.3 Å².